The molecule has 1 heterocycles. The zero-order chi connectivity index (χ0) is 15.2. The second-order valence-electron chi connectivity index (χ2n) is 5.77. The molecule has 3 nitrogen and oxygen atoms in total. The van der Waals surface area contributed by atoms with Gasteiger partial charge in [-0.2, -0.15) is 0 Å². The van der Waals surface area contributed by atoms with E-state index in [1.165, 1.54) is 11.1 Å². The Hall–Kier alpha value is -1.84. The number of nitrogens with one attached hydrogen (secondary N) is 1. The van der Waals surface area contributed by atoms with Gasteiger partial charge in [-0.25, -0.2) is 0 Å². The molecule has 0 saturated carbocycles. The maximum Gasteiger partial charge on any atom is 0.124 e. The van der Waals surface area contributed by atoms with Crippen molar-refractivity contribution >= 4 is 0 Å². The Labute approximate surface area is 132 Å². The number of hydrogen-bond donors (Lipinski definition) is 1. The summed E-state index contributed by atoms with van der Waals surface area (Å²) in [6.07, 6.45) is 0. The van der Waals surface area contributed by atoms with Gasteiger partial charge in [0, 0.05) is 37.8 Å². The Bertz CT molecular complexity index is 579. The van der Waals surface area contributed by atoms with E-state index in [2.05, 4.69) is 47.5 Å². The van der Waals surface area contributed by atoms with Crippen molar-refractivity contribution in [2.24, 2.45) is 0 Å². The van der Waals surface area contributed by atoms with E-state index in [-0.39, 0.29) is 0 Å². The van der Waals surface area contributed by atoms with Crippen LogP contribution in [-0.4, -0.2) is 31.1 Å². The van der Waals surface area contributed by atoms with Crippen molar-refractivity contribution in [2.45, 2.75) is 19.6 Å². The van der Waals surface area contributed by atoms with E-state index in [1.807, 2.05) is 24.3 Å². The first kappa shape index (κ1) is 15.1. The molecule has 0 radical (unpaired) electrons. The van der Waals surface area contributed by atoms with Gasteiger partial charge in [-0.15, -0.1) is 0 Å². The smallest absolute Gasteiger partial charge is 0.124 e. The molecule has 0 unspecified atom stereocenters. The lowest BCUT2D eigenvalue weighted by Gasteiger charge is -2.33. The number of piperazine rings is 1. The Morgan fingerprint density at radius 3 is 2.45 bits per heavy atom. The van der Waals surface area contributed by atoms with Crippen LogP contribution < -0.4 is 10.1 Å². The molecule has 3 rings (SSSR count). The molecule has 2 aromatic carbocycles. The molecule has 116 valence electrons. The monoisotopic (exact) mass is 296 g/mol. The predicted octanol–water partition coefficient (Wildman–Crippen LogP) is 3.23. The Morgan fingerprint density at radius 2 is 1.68 bits per heavy atom. The molecule has 1 aliphatic heterocycles. The van der Waals surface area contributed by atoms with Crippen LogP contribution in [0.3, 0.4) is 0 Å². The summed E-state index contributed by atoms with van der Waals surface area (Å²) in [6, 6.07) is 19.1. The molecule has 2 aromatic rings. The van der Waals surface area contributed by atoms with Crippen molar-refractivity contribution in [2.75, 3.05) is 26.2 Å². The average Bonchev–Trinajstić information content (AvgIpc) is 2.61. The minimum Gasteiger partial charge on any atom is -0.489 e. The fraction of sp³-hybridized carbons (Fsp3) is 0.368. The number of para-hydroxylation sites is 1. The van der Waals surface area contributed by atoms with Gasteiger partial charge in [0.2, 0.25) is 0 Å². The van der Waals surface area contributed by atoms with Gasteiger partial charge in [0.25, 0.3) is 0 Å². The third-order valence-corrected chi connectivity index (χ3v) is 4.31. The van der Waals surface area contributed by atoms with Crippen molar-refractivity contribution in [3.05, 3.63) is 65.7 Å². The summed E-state index contributed by atoms with van der Waals surface area (Å²) in [5.41, 5.74) is 2.48. The zero-order valence-electron chi connectivity index (χ0n) is 13.2. The SMILES string of the molecule is C[C@H](c1ccccc1OCc1ccccc1)N1CCNCC1. The topological polar surface area (TPSA) is 24.5 Å². The standard InChI is InChI=1S/C19H24N2O/c1-16(21-13-11-20-12-14-21)18-9-5-6-10-19(18)22-15-17-7-3-2-4-8-17/h2-10,16,20H,11-15H2,1H3/t16-/m1/s1. The van der Waals surface area contributed by atoms with E-state index < -0.39 is 0 Å². The molecule has 22 heavy (non-hydrogen) atoms. The normalized spacial score (nSPS) is 17.1. The van der Waals surface area contributed by atoms with Crippen LogP contribution in [0, 0.1) is 0 Å². The Morgan fingerprint density at radius 1 is 1.00 bits per heavy atom. The Balaban J connectivity index is 1.71. The van der Waals surface area contributed by atoms with Gasteiger partial charge in [-0.1, -0.05) is 48.5 Å². The number of benzene rings is 2. The summed E-state index contributed by atoms with van der Waals surface area (Å²) in [4.78, 5) is 2.52. The highest BCUT2D eigenvalue weighted by Crippen LogP contribution is 2.29. The lowest BCUT2D eigenvalue weighted by molar-refractivity contribution is 0.180. The quantitative estimate of drug-likeness (QED) is 0.917. The van der Waals surface area contributed by atoms with E-state index in [4.69, 9.17) is 4.74 Å². The van der Waals surface area contributed by atoms with Crippen molar-refractivity contribution in [3.8, 4) is 5.75 Å². The first-order chi connectivity index (χ1) is 10.8. The van der Waals surface area contributed by atoms with Crippen molar-refractivity contribution in [1.29, 1.82) is 0 Å². The van der Waals surface area contributed by atoms with E-state index in [1.54, 1.807) is 0 Å². The summed E-state index contributed by atoms with van der Waals surface area (Å²) < 4.78 is 6.09. The van der Waals surface area contributed by atoms with Gasteiger partial charge in [0.15, 0.2) is 0 Å². The van der Waals surface area contributed by atoms with Crippen LogP contribution >= 0.6 is 0 Å². The van der Waals surface area contributed by atoms with Crippen molar-refractivity contribution in [1.82, 2.24) is 10.2 Å². The van der Waals surface area contributed by atoms with Gasteiger partial charge in [-0.05, 0) is 18.6 Å². The minimum atomic E-state index is 0.383. The molecule has 1 atom stereocenters. The van der Waals surface area contributed by atoms with E-state index in [0.717, 1.165) is 31.9 Å². The largest absolute Gasteiger partial charge is 0.489 e. The fourth-order valence-electron chi connectivity index (χ4n) is 2.96. The highest BCUT2D eigenvalue weighted by atomic mass is 16.5. The molecule has 1 saturated heterocycles. The number of hydrogen-bond acceptors (Lipinski definition) is 3. The second kappa shape index (κ2) is 7.43. The number of rotatable bonds is 5. The summed E-state index contributed by atoms with van der Waals surface area (Å²) in [5, 5.41) is 3.41. The maximum atomic E-state index is 6.09. The van der Waals surface area contributed by atoms with E-state index >= 15 is 0 Å². The highest BCUT2D eigenvalue weighted by Gasteiger charge is 2.20. The van der Waals surface area contributed by atoms with Crippen LogP contribution in [0.25, 0.3) is 0 Å². The van der Waals surface area contributed by atoms with Crippen LogP contribution in [0.1, 0.15) is 24.1 Å². The number of nitrogens with zero attached hydrogens (tertiary/aromatic N) is 1. The van der Waals surface area contributed by atoms with Gasteiger partial charge < -0.3 is 10.1 Å². The van der Waals surface area contributed by atoms with Crippen LogP contribution in [0.4, 0.5) is 0 Å². The van der Waals surface area contributed by atoms with Crippen LogP contribution in [0.15, 0.2) is 54.6 Å². The fourth-order valence-corrected chi connectivity index (χ4v) is 2.96. The maximum absolute atomic E-state index is 6.09. The second-order valence-corrected chi connectivity index (χ2v) is 5.77. The summed E-state index contributed by atoms with van der Waals surface area (Å²) in [7, 11) is 0. The summed E-state index contributed by atoms with van der Waals surface area (Å²) >= 11 is 0. The molecule has 1 aliphatic rings. The highest BCUT2D eigenvalue weighted by molar-refractivity contribution is 5.36. The summed E-state index contributed by atoms with van der Waals surface area (Å²) in [5.74, 6) is 0.998. The van der Waals surface area contributed by atoms with E-state index in [9.17, 15) is 0 Å². The minimum absolute atomic E-state index is 0.383. The predicted molar refractivity (Wildman–Crippen MR) is 90.1 cm³/mol. The zero-order valence-corrected chi connectivity index (χ0v) is 13.2. The third kappa shape index (κ3) is 3.67. The molecule has 1 fully saturated rings. The molecule has 1 N–H and O–H groups in total. The van der Waals surface area contributed by atoms with Gasteiger partial charge in [0.1, 0.15) is 12.4 Å². The average molecular weight is 296 g/mol. The molecular weight excluding hydrogens is 272 g/mol. The van der Waals surface area contributed by atoms with Crippen LogP contribution in [0.2, 0.25) is 0 Å². The lowest BCUT2D eigenvalue weighted by Crippen LogP contribution is -2.44. The first-order valence-electron chi connectivity index (χ1n) is 8.05. The molecule has 0 aromatic heterocycles. The summed E-state index contributed by atoms with van der Waals surface area (Å²) in [6.45, 7) is 7.21. The molecule has 0 spiro atoms. The first-order valence-corrected chi connectivity index (χ1v) is 8.05. The van der Waals surface area contributed by atoms with Crippen LogP contribution in [0.5, 0.6) is 5.75 Å². The Kier molecular flexibility index (Phi) is 5.09. The van der Waals surface area contributed by atoms with Crippen molar-refractivity contribution < 1.29 is 4.74 Å². The van der Waals surface area contributed by atoms with E-state index in [0.29, 0.717) is 12.6 Å². The molecule has 0 aliphatic carbocycles. The van der Waals surface area contributed by atoms with Gasteiger partial charge >= 0.3 is 0 Å². The van der Waals surface area contributed by atoms with Gasteiger partial charge in [-0.3, -0.25) is 4.90 Å². The van der Waals surface area contributed by atoms with Gasteiger partial charge in [0.05, 0.1) is 0 Å². The molecule has 0 amide bonds. The number of ether oxygens (including phenoxy) is 1. The van der Waals surface area contributed by atoms with Crippen LogP contribution in [-0.2, 0) is 6.61 Å². The molecular formula is C19H24N2O. The molecule has 3 heteroatoms. The lowest BCUT2D eigenvalue weighted by atomic mass is 10.0. The molecule has 0 bridgehead atoms. The van der Waals surface area contributed by atoms with Crippen molar-refractivity contribution in [3.63, 3.8) is 0 Å². The third-order valence-electron chi connectivity index (χ3n) is 4.31.